The van der Waals surface area contributed by atoms with E-state index in [1.807, 2.05) is 25.1 Å². The molecule has 1 N–H and O–H groups in total. The van der Waals surface area contributed by atoms with Gasteiger partial charge in [-0.05, 0) is 100 Å². The van der Waals surface area contributed by atoms with Crippen molar-refractivity contribution < 1.29 is 28.3 Å². The molecule has 2 aliphatic rings. The summed E-state index contributed by atoms with van der Waals surface area (Å²) in [6, 6.07) is 18.6. The fourth-order valence-electron chi connectivity index (χ4n) is 5.89. The minimum atomic E-state index is -0.519. The Balaban J connectivity index is 1.30. The van der Waals surface area contributed by atoms with Crippen LogP contribution in [0.4, 0.5) is 5.82 Å². The van der Waals surface area contributed by atoms with Crippen molar-refractivity contribution in [2.75, 3.05) is 26.1 Å². The number of hydrogen-bond donors (Lipinski definition) is 1. The van der Waals surface area contributed by atoms with Crippen LogP contribution in [0.25, 0.3) is 21.9 Å². The molecule has 9 nitrogen and oxygen atoms in total. The second-order valence-corrected chi connectivity index (χ2v) is 13.0. The van der Waals surface area contributed by atoms with E-state index in [9.17, 15) is 0 Å². The van der Waals surface area contributed by atoms with Gasteiger partial charge >= 0.3 is 7.12 Å². The van der Waals surface area contributed by atoms with Crippen molar-refractivity contribution in [3.05, 3.63) is 71.4 Å². The van der Waals surface area contributed by atoms with E-state index >= 15 is 0 Å². The third-order valence-corrected chi connectivity index (χ3v) is 9.45. The fraction of sp³-hybridized carbons (Fsp3) is 0.444. The molecule has 0 radical (unpaired) electrons. The highest BCUT2D eigenvalue weighted by Crippen LogP contribution is 2.37. The molecular weight excluding hydrogens is 581 g/mol. The SMILES string of the molecule is COc1ccc(CNc2nnc(C)c3cc(-c4ccc(COC5CCCCO5)c(B5OC(C)(C)C(C)(C)O5)c4)ccc23)c(OC)c1. The van der Waals surface area contributed by atoms with Crippen molar-refractivity contribution in [3.63, 3.8) is 0 Å². The molecule has 6 rings (SSSR count). The molecule has 0 saturated carbocycles. The average molecular weight is 626 g/mol. The molecule has 1 aromatic heterocycles. The first kappa shape index (κ1) is 32.3. The number of benzene rings is 3. The van der Waals surface area contributed by atoms with Gasteiger partial charge in [-0.15, -0.1) is 5.10 Å². The molecule has 1 atom stereocenters. The van der Waals surface area contributed by atoms with Crippen LogP contribution >= 0.6 is 0 Å². The Morgan fingerprint density at radius 3 is 2.30 bits per heavy atom. The second kappa shape index (κ2) is 13.2. The molecule has 10 heteroatoms. The van der Waals surface area contributed by atoms with Gasteiger partial charge in [0, 0.05) is 35.6 Å². The molecule has 3 heterocycles. The van der Waals surface area contributed by atoms with E-state index in [-0.39, 0.29) is 6.29 Å². The minimum Gasteiger partial charge on any atom is -0.497 e. The molecule has 0 bridgehead atoms. The Morgan fingerprint density at radius 2 is 1.59 bits per heavy atom. The van der Waals surface area contributed by atoms with Crippen LogP contribution < -0.4 is 20.3 Å². The number of hydrogen-bond acceptors (Lipinski definition) is 9. The number of aryl methyl sites for hydroxylation is 1. The van der Waals surface area contributed by atoms with Crippen molar-refractivity contribution in [1.29, 1.82) is 0 Å². The molecule has 0 aliphatic carbocycles. The van der Waals surface area contributed by atoms with Crippen LogP contribution in [-0.2, 0) is 31.9 Å². The lowest BCUT2D eigenvalue weighted by molar-refractivity contribution is -0.168. The van der Waals surface area contributed by atoms with E-state index in [0.717, 1.165) is 81.6 Å². The topological polar surface area (TPSA) is 93.2 Å². The first-order valence-electron chi connectivity index (χ1n) is 16.0. The summed E-state index contributed by atoms with van der Waals surface area (Å²) in [4.78, 5) is 0. The highest BCUT2D eigenvalue weighted by molar-refractivity contribution is 6.62. The maximum absolute atomic E-state index is 6.52. The van der Waals surface area contributed by atoms with Crippen molar-refractivity contribution >= 4 is 29.2 Å². The Labute approximate surface area is 272 Å². The minimum absolute atomic E-state index is 0.183. The van der Waals surface area contributed by atoms with Gasteiger partial charge in [0.25, 0.3) is 0 Å². The molecular formula is C36H44BN3O6. The molecule has 2 aliphatic heterocycles. The normalized spacial score (nSPS) is 18.9. The highest BCUT2D eigenvalue weighted by atomic mass is 16.7. The first-order valence-corrected chi connectivity index (χ1v) is 16.0. The van der Waals surface area contributed by atoms with Crippen molar-refractivity contribution in [2.24, 2.45) is 0 Å². The third kappa shape index (κ3) is 6.58. The number of fused-ring (bicyclic) bond motifs is 1. The summed E-state index contributed by atoms with van der Waals surface area (Å²) in [6.07, 6.45) is 2.93. The molecule has 4 aromatic rings. The number of ether oxygens (including phenoxy) is 4. The predicted octanol–water partition coefficient (Wildman–Crippen LogP) is 6.58. The standard InChI is InChI=1S/C36H44BN3O6/c1-23-30-18-24(14-16-29(30)34(40-39-23)38-21-26-13-15-28(41-6)20-32(26)42-7)25-11-12-27(22-44-33-10-8-9-17-43-33)31(19-25)37-45-35(2,3)36(4,5)46-37/h11-16,18-20,33H,8-10,17,21-22H2,1-7H3,(H,38,40). The highest BCUT2D eigenvalue weighted by Gasteiger charge is 2.52. The lowest BCUT2D eigenvalue weighted by Crippen LogP contribution is -2.41. The molecule has 242 valence electrons. The maximum Gasteiger partial charge on any atom is 0.495 e. The summed E-state index contributed by atoms with van der Waals surface area (Å²) in [7, 11) is 2.78. The lowest BCUT2D eigenvalue weighted by atomic mass is 9.74. The zero-order valence-electron chi connectivity index (χ0n) is 27.9. The van der Waals surface area contributed by atoms with Gasteiger partial charge in [-0.1, -0.05) is 24.3 Å². The van der Waals surface area contributed by atoms with Crippen LogP contribution in [0.15, 0.2) is 54.6 Å². The number of nitrogens with zero attached hydrogens (tertiary/aromatic N) is 2. The van der Waals surface area contributed by atoms with Gasteiger partial charge < -0.3 is 33.6 Å². The average Bonchev–Trinajstić information content (AvgIpc) is 3.29. The van der Waals surface area contributed by atoms with Gasteiger partial charge in [-0.2, -0.15) is 5.10 Å². The Bertz CT molecular complexity index is 1690. The van der Waals surface area contributed by atoms with E-state index < -0.39 is 18.3 Å². The van der Waals surface area contributed by atoms with Gasteiger partial charge in [0.1, 0.15) is 11.5 Å². The van der Waals surface area contributed by atoms with E-state index in [1.54, 1.807) is 14.2 Å². The molecule has 2 fully saturated rings. The Morgan fingerprint density at radius 1 is 0.848 bits per heavy atom. The number of anilines is 1. The van der Waals surface area contributed by atoms with E-state index in [1.165, 1.54) is 0 Å². The summed E-state index contributed by atoms with van der Waals surface area (Å²) >= 11 is 0. The van der Waals surface area contributed by atoms with Crippen LogP contribution in [0.3, 0.4) is 0 Å². The molecule has 3 aromatic carbocycles. The van der Waals surface area contributed by atoms with Gasteiger partial charge in [-0.3, -0.25) is 0 Å². The number of methoxy groups -OCH3 is 2. The van der Waals surface area contributed by atoms with Crippen LogP contribution in [0.1, 0.15) is 63.8 Å². The fourth-order valence-corrected chi connectivity index (χ4v) is 5.89. The first-order chi connectivity index (χ1) is 22.1. The number of aromatic nitrogens is 2. The van der Waals surface area contributed by atoms with Crippen molar-refractivity contribution in [2.45, 2.75) is 84.5 Å². The van der Waals surface area contributed by atoms with E-state index in [2.05, 4.69) is 79.6 Å². The summed E-state index contributed by atoms with van der Waals surface area (Å²) in [5, 5.41) is 14.5. The van der Waals surface area contributed by atoms with Crippen molar-refractivity contribution in [3.8, 4) is 22.6 Å². The Kier molecular flexibility index (Phi) is 9.25. The van der Waals surface area contributed by atoms with Gasteiger partial charge in [0.05, 0.1) is 37.7 Å². The summed E-state index contributed by atoms with van der Waals surface area (Å²) in [6.45, 7) is 12.0. The van der Waals surface area contributed by atoms with Crippen LogP contribution in [0.5, 0.6) is 11.5 Å². The molecule has 0 amide bonds. The summed E-state index contributed by atoms with van der Waals surface area (Å²) in [5.74, 6) is 2.20. The number of nitrogens with one attached hydrogen (secondary N) is 1. The Hall–Kier alpha value is -3.70. The lowest BCUT2D eigenvalue weighted by Gasteiger charge is -2.32. The van der Waals surface area contributed by atoms with Crippen LogP contribution in [0.2, 0.25) is 0 Å². The smallest absolute Gasteiger partial charge is 0.495 e. The van der Waals surface area contributed by atoms with Crippen LogP contribution in [0, 0.1) is 6.92 Å². The molecule has 0 spiro atoms. The predicted molar refractivity (Wildman–Crippen MR) is 181 cm³/mol. The van der Waals surface area contributed by atoms with Crippen LogP contribution in [-0.4, -0.2) is 55.6 Å². The molecule has 46 heavy (non-hydrogen) atoms. The maximum atomic E-state index is 6.52. The summed E-state index contributed by atoms with van der Waals surface area (Å²) in [5.41, 5.74) is 5.03. The second-order valence-electron chi connectivity index (χ2n) is 13.0. The van der Waals surface area contributed by atoms with E-state index in [0.29, 0.717) is 19.0 Å². The molecule has 2 saturated heterocycles. The quantitative estimate of drug-likeness (QED) is 0.196. The number of rotatable bonds is 10. The summed E-state index contributed by atoms with van der Waals surface area (Å²) < 4.78 is 36.0. The largest absolute Gasteiger partial charge is 0.497 e. The van der Waals surface area contributed by atoms with Gasteiger partial charge in [0.2, 0.25) is 0 Å². The van der Waals surface area contributed by atoms with Gasteiger partial charge in [-0.25, -0.2) is 0 Å². The van der Waals surface area contributed by atoms with Gasteiger partial charge in [0.15, 0.2) is 12.1 Å². The zero-order chi connectivity index (χ0) is 32.5. The molecule has 1 unspecified atom stereocenters. The third-order valence-electron chi connectivity index (χ3n) is 9.45. The zero-order valence-corrected chi connectivity index (χ0v) is 27.9. The van der Waals surface area contributed by atoms with E-state index in [4.69, 9.17) is 28.3 Å². The van der Waals surface area contributed by atoms with Crippen molar-refractivity contribution in [1.82, 2.24) is 10.2 Å². The monoisotopic (exact) mass is 625 g/mol.